The van der Waals surface area contributed by atoms with Gasteiger partial charge < -0.3 is 15.5 Å². The van der Waals surface area contributed by atoms with Gasteiger partial charge >= 0.3 is 6.03 Å². The van der Waals surface area contributed by atoms with E-state index in [-0.39, 0.29) is 17.6 Å². The lowest BCUT2D eigenvalue weighted by atomic mass is 9.47. The molecule has 32 heavy (non-hydrogen) atoms. The molecule has 2 bridgehead atoms. The summed E-state index contributed by atoms with van der Waals surface area (Å²) in [5.41, 5.74) is -0.176. The lowest BCUT2D eigenvalue weighted by molar-refractivity contribution is -0.162. The molecule has 0 spiro atoms. The molecule has 0 aromatic heterocycles. The van der Waals surface area contributed by atoms with Crippen LogP contribution >= 0.6 is 23.2 Å². The summed E-state index contributed by atoms with van der Waals surface area (Å²) in [6, 6.07) is 5.98. The van der Waals surface area contributed by atoms with Crippen molar-refractivity contribution in [2.24, 2.45) is 5.92 Å². The number of piperazine rings is 1. The number of amides is 2. The van der Waals surface area contributed by atoms with Crippen LogP contribution < -0.4 is 15.5 Å². The average Bonchev–Trinajstić information content (AvgIpc) is 2.74. The Kier molecular flexibility index (Phi) is 6.23. The molecule has 1 aromatic rings. The summed E-state index contributed by atoms with van der Waals surface area (Å²) in [7, 11) is 0. The Morgan fingerprint density at radius 1 is 1.06 bits per heavy atom. The van der Waals surface area contributed by atoms with E-state index in [0.29, 0.717) is 29.3 Å². The molecule has 0 atom stereocenters. The van der Waals surface area contributed by atoms with Crippen molar-refractivity contribution in [2.45, 2.75) is 68.6 Å². The zero-order chi connectivity index (χ0) is 22.3. The fraction of sp³-hybridized carbons (Fsp3) is 0.708. The van der Waals surface area contributed by atoms with Crippen LogP contribution in [0.2, 0.25) is 10.0 Å². The van der Waals surface area contributed by atoms with Crippen molar-refractivity contribution in [3.05, 3.63) is 28.2 Å². The van der Waals surface area contributed by atoms with Crippen LogP contribution in [-0.2, 0) is 0 Å². The monoisotopic (exact) mass is 482 g/mol. The molecule has 8 heteroatoms. The third-order valence-corrected chi connectivity index (χ3v) is 8.83. The normalized spacial score (nSPS) is 34.4. The van der Waals surface area contributed by atoms with Crippen LogP contribution in [0.5, 0.6) is 0 Å². The number of alkyl halides is 1. The molecule has 0 unspecified atom stereocenters. The van der Waals surface area contributed by atoms with Crippen LogP contribution in [0, 0.1) is 5.92 Å². The molecule has 4 saturated carbocycles. The highest BCUT2D eigenvalue weighted by molar-refractivity contribution is 6.43. The first kappa shape index (κ1) is 22.5. The molecular formula is C24H33Cl2FN4O. The van der Waals surface area contributed by atoms with E-state index < -0.39 is 5.67 Å². The molecule has 1 aliphatic heterocycles. The third-order valence-electron chi connectivity index (χ3n) is 8.02. The highest BCUT2D eigenvalue weighted by Gasteiger charge is 2.70. The van der Waals surface area contributed by atoms with Crippen LogP contribution in [0.15, 0.2) is 18.2 Å². The first-order chi connectivity index (χ1) is 15.3. The maximum absolute atomic E-state index is 13.6. The molecule has 1 heterocycles. The minimum atomic E-state index is -0.972. The molecule has 4 aliphatic carbocycles. The number of nitrogens with zero attached hydrogens (tertiary/aromatic N) is 2. The highest BCUT2D eigenvalue weighted by Crippen LogP contribution is 2.62. The maximum Gasteiger partial charge on any atom is 0.315 e. The zero-order valence-electron chi connectivity index (χ0n) is 18.5. The van der Waals surface area contributed by atoms with Crippen molar-refractivity contribution < 1.29 is 9.18 Å². The topological polar surface area (TPSA) is 47.6 Å². The van der Waals surface area contributed by atoms with Crippen LogP contribution in [0.3, 0.4) is 0 Å². The van der Waals surface area contributed by atoms with Gasteiger partial charge in [-0.1, -0.05) is 29.3 Å². The molecule has 5 nitrogen and oxygen atoms in total. The first-order valence-corrected chi connectivity index (χ1v) is 12.8. The van der Waals surface area contributed by atoms with Crippen molar-refractivity contribution in [1.29, 1.82) is 0 Å². The largest absolute Gasteiger partial charge is 0.368 e. The number of anilines is 1. The minimum absolute atomic E-state index is 0.104. The van der Waals surface area contributed by atoms with Crippen LogP contribution in [0.4, 0.5) is 14.9 Å². The van der Waals surface area contributed by atoms with E-state index in [1.165, 1.54) is 19.3 Å². The first-order valence-electron chi connectivity index (χ1n) is 12.0. The van der Waals surface area contributed by atoms with Gasteiger partial charge in [0.05, 0.1) is 21.3 Å². The van der Waals surface area contributed by atoms with E-state index in [4.69, 9.17) is 23.2 Å². The summed E-state index contributed by atoms with van der Waals surface area (Å²) in [6.07, 6.45) is 7.14. The van der Waals surface area contributed by atoms with Gasteiger partial charge in [0.2, 0.25) is 0 Å². The summed E-state index contributed by atoms with van der Waals surface area (Å²) in [6.45, 7) is 5.16. The fourth-order valence-electron chi connectivity index (χ4n) is 6.17. The molecule has 2 N–H and O–H groups in total. The Bertz CT molecular complexity index is 833. The van der Waals surface area contributed by atoms with Gasteiger partial charge in [0.1, 0.15) is 5.67 Å². The van der Waals surface area contributed by atoms with Crippen LogP contribution in [0.25, 0.3) is 0 Å². The number of hydrogen-bond acceptors (Lipinski definition) is 3. The Hall–Kier alpha value is -1.24. The number of rotatable bonds is 6. The van der Waals surface area contributed by atoms with Gasteiger partial charge in [-0.25, -0.2) is 9.18 Å². The van der Waals surface area contributed by atoms with Crippen molar-refractivity contribution in [1.82, 2.24) is 15.5 Å². The smallest absolute Gasteiger partial charge is 0.315 e. The SMILES string of the molecule is O=C(NC1CCC(CCN2CCN(c3cccc(Cl)c3Cl)CC2)CC1)NC12CC(F)(C1)C2. The number of urea groups is 1. The van der Waals surface area contributed by atoms with E-state index in [2.05, 4.69) is 20.4 Å². The number of halogens is 3. The van der Waals surface area contributed by atoms with Gasteiger partial charge in [-0.15, -0.1) is 0 Å². The molecule has 6 rings (SSSR count). The minimum Gasteiger partial charge on any atom is -0.368 e. The van der Waals surface area contributed by atoms with Crippen molar-refractivity contribution in [3.63, 3.8) is 0 Å². The molecule has 1 aromatic carbocycles. The van der Waals surface area contributed by atoms with E-state index in [1.807, 2.05) is 18.2 Å². The summed E-state index contributed by atoms with van der Waals surface area (Å²) < 4.78 is 13.6. The summed E-state index contributed by atoms with van der Waals surface area (Å²) in [4.78, 5) is 17.1. The van der Waals surface area contributed by atoms with Crippen LogP contribution in [0.1, 0.15) is 51.4 Å². The predicted molar refractivity (Wildman–Crippen MR) is 128 cm³/mol. The quantitative estimate of drug-likeness (QED) is 0.598. The fourth-order valence-corrected chi connectivity index (χ4v) is 6.58. The number of benzene rings is 1. The Morgan fingerprint density at radius 2 is 1.75 bits per heavy atom. The second-order valence-corrected chi connectivity index (χ2v) is 11.3. The summed E-state index contributed by atoms with van der Waals surface area (Å²) >= 11 is 12.6. The van der Waals surface area contributed by atoms with E-state index in [0.717, 1.165) is 57.2 Å². The molecule has 5 fully saturated rings. The van der Waals surface area contributed by atoms with Gasteiger partial charge in [0.15, 0.2) is 0 Å². The summed E-state index contributed by atoms with van der Waals surface area (Å²) in [5.74, 6) is 0.737. The maximum atomic E-state index is 13.6. The Labute approximate surface area is 200 Å². The Balaban J connectivity index is 0.978. The predicted octanol–water partition coefficient (Wildman–Crippen LogP) is 5.01. The molecule has 1 saturated heterocycles. The number of nitrogens with one attached hydrogen (secondary N) is 2. The second-order valence-electron chi connectivity index (χ2n) is 10.5. The van der Waals surface area contributed by atoms with Gasteiger partial charge in [-0.3, -0.25) is 4.90 Å². The van der Waals surface area contributed by atoms with Gasteiger partial charge in [-0.05, 0) is 56.7 Å². The molecule has 5 aliphatic rings. The Morgan fingerprint density at radius 3 is 2.41 bits per heavy atom. The van der Waals surface area contributed by atoms with E-state index in [9.17, 15) is 9.18 Å². The highest BCUT2D eigenvalue weighted by atomic mass is 35.5. The average molecular weight is 483 g/mol. The van der Waals surface area contributed by atoms with Gasteiger partial charge in [0.25, 0.3) is 0 Å². The van der Waals surface area contributed by atoms with E-state index >= 15 is 0 Å². The van der Waals surface area contributed by atoms with E-state index in [1.54, 1.807) is 0 Å². The standard InChI is InChI=1S/C24H33Cl2FN4O/c25-19-2-1-3-20(21(19)26)31-12-10-30(11-13-31)9-8-17-4-6-18(7-5-17)28-22(32)29-24-14-23(27,15-24)16-24/h1-3,17-18H,4-16H2,(H2,28,29,32). The lowest BCUT2D eigenvalue weighted by Gasteiger charge is -2.65. The van der Waals surface area contributed by atoms with Gasteiger partial charge in [0, 0.05) is 51.5 Å². The third kappa shape index (κ3) is 4.69. The number of carbonyl (C=O) groups is 1. The number of carbonyl (C=O) groups excluding carboxylic acids is 1. The molecular weight excluding hydrogens is 450 g/mol. The molecule has 176 valence electrons. The lowest BCUT2D eigenvalue weighted by Crippen LogP contribution is -2.77. The van der Waals surface area contributed by atoms with Crippen LogP contribution in [-0.4, -0.2) is 60.9 Å². The van der Waals surface area contributed by atoms with Gasteiger partial charge in [-0.2, -0.15) is 0 Å². The van der Waals surface area contributed by atoms with Crippen molar-refractivity contribution in [3.8, 4) is 0 Å². The zero-order valence-corrected chi connectivity index (χ0v) is 20.0. The molecule has 2 amide bonds. The van der Waals surface area contributed by atoms with Crippen molar-refractivity contribution in [2.75, 3.05) is 37.6 Å². The number of hydrogen-bond donors (Lipinski definition) is 2. The molecule has 0 radical (unpaired) electrons. The second kappa shape index (κ2) is 8.84. The summed E-state index contributed by atoms with van der Waals surface area (Å²) in [5, 5.41) is 7.41. The van der Waals surface area contributed by atoms with Crippen molar-refractivity contribution >= 4 is 34.9 Å².